The number of piperazine rings is 1. The van der Waals surface area contributed by atoms with E-state index in [0.29, 0.717) is 18.3 Å². The Hall–Kier alpha value is -1.89. The lowest BCUT2D eigenvalue weighted by atomic mass is 10.2. The summed E-state index contributed by atoms with van der Waals surface area (Å²) in [6.45, 7) is 3.42. The molecule has 2 aliphatic rings. The third-order valence-corrected chi connectivity index (χ3v) is 4.75. The van der Waals surface area contributed by atoms with Gasteiger partial charge in [0.15, 0.2) is 5.76 Å². The van der Waals surface area contributed by atoms with Crippen LogP contribution < -0.4 is 4.90 Å². The second-order valence-corrected chi connectivity index (χ2v) is 6.66. The highest BCUT2D eigenvalue weighted by molar-refractivity contribution is 9.10. The van der Waals surface area contributed by atoms with Gasteiger partial charge in [-0.2, -0.15) is 0 Å². The molecule has 0 unspecified atom stereocenters. The van der Waals surface area contributed by atoms with Crippen molar-refractivity contribution in [2.24, 2.45) is 0 Å². The van der Waals surface area contributed by atoms with Crippen molar-refractivity contribution < 1.29 is 9.21 Å². The molecule has 0 radical (unpaired) electrons. The van der Waals surface area contributed by atoms with Gasteiger partial charge in [0, 0.05) is 25.4 Å². The molecule has 4 rings (SSSR count). The van der Waals surface area contributed by atoms with Gasteiger partial charge in [0.1, 0.15) is 17.9 Å². The predicted molar refractivity (Wildman–Crippen MR) is 83.8 cm³/mol. The van der Waals surface area contributed by atoms with Gasteiger partial charge in [-0.15, -0.1) is 0 Å². The van der Waals surface area contributed by atoms with Crippen molar-refractivity contribution >= 4 is 27.7 Å². The van der Waals surface area contributed by atoms with E-state index in [-0.39, 0.29) is 11.9 Å². The fourth-order valence-corrected chi connectivity index (χ4v) is 3.67. The Morgan fingerprint density at radius 2 is 2.27 bits per heavy atom. The quantitative estimate of drug-likeness (QED) is 0.819. The van der Waals surface area contributed by atoms with Crippen molar-refractivity contribution in [3.8, 4) is 0 Å². The van der Waals surface area contributed by atoms with E-state index in [1.807, 2.05) is 17.9 Å². The first kappa shape index (κ1) is 13.8. The molecule has 0 saturated carbocycles. The summed E-state index contributed by atoms with van der Waals surface area (Å²) in [6.07, 6.45) is 4.31. The molecule has 2 atom stereocenters. The molecule has 114 valence electrons. The van der Waals surface area contributed by atoms with Crippen LogP contribution in [-0.4, -0.2) is 45.9 Å². The summed E-state index contributed by atoms with van der Waals surface area (Å²) >= 11 is 3.31. The van der Waals surface area contributed by atoms with Gasteiger partial charge in [0.05, 0.1) is 16.6 Å². The lowest BCUT2D eigenvalue weighted by Crippen LogP contribution is -2.49. The predicted octanol–water partition coefficient (Wildman–Crippen LogP) is 2.24. The fraction of sp³-hybridized carbons (Fsp3) is 0.400. The molecule has 2 aliphatic heterocycles. The van der Waals surface area contributed by atoms with Gasteiger partial charge in [-0.05, 0) is 35.3 Å². The normalized spacial score (nSPS) is 23.4. The first-order valence-electron chi connectivity index (χ1n) is 7.23. The van der Waals surface area contributed by atoms with Crippen LogP contribution in [0.3, 0.4) is 0 Å². The van der Waals surface area contributed by atoms with E-state index in [1.54, 1.807) is 12.3 Å². The number of aryl methyl sites for hydroxylation is 1. The molecule has 2 bridgehead atoms. The summed E-state index contributed by atoms with van der Waals surface area (Å²) in [5.41, 5.74) is 0. The van der Waals surface area contributed by atoms with Crippen molar-refractivity contribution in [1.82, 2.24) is 14.9 Å². The Kier molecular flexibility index (Phi) is 3.18. The Morgan fingerprint density at radius 3 is 2.91 bits per heavy atom. The molecule has 0 spiro atoms. The monoisotopic (exact) mass is 362 g/mol. The minimum Gasteiger partial charge on any atom is -0.458 e. The Morgan fingerprint density at radius 1 is 1.41 bits per heavy atom. The Balaban J connectivity index is 1.51. The number of hydrogen-bond donors (Lipinski definition) is 0. The van der Waals surface area contributed by atoms with Gasteiger partial charge in [0.25, 0.3) is 5.91 Å². The summed E-state index contributed by atoms with van der Waals surface area (Å²) in [6, 6.07) is 4.20. The molecular weight excluding hydrogens is 348 g/mol. The number of aromatic nitrogens is 2. The first-order chi connectivity index (χ1) is 10.6. The minimum absolute atomic E-state index is 0.0308. The van der Waals surface area contributed by atoms with Gasteiger partial charge in [-0.1, -0.05) is 0 Å². The molecule has 2 saturated heterocycles. The van der Waals surface area contributed by atoms with Crippen LogP contribution in [0, 0.1) is 6.92 Å². The molecule has 4 heterocycles. The fourth-order valence-electron chi connectivity index (χ4n) is 3.37. The molecule has 1 amide bonds. The van der Waals surface area contributed by atoms with E-state index < -0.39 is 0 Å². The number of halogens is 1. The van der Waals surface area contributed by atoms with Crippen LogP contribution in [0.25, 0.3) is 0 Å². The Bertz CT molecular complexity index is 732. The summed E-state index contributed by atoms with van der Waals surface area (Å²) < 4.78 is 6.09. The molecule has 22 heavy (non-hydrogen) atoms. The zero-order chi connectivity index (χ0) is 15.3. The lowest BCUT2D eigenvalue weighted by molar-refractivity contribution is 0.0693. The van der Waals surface area contributed by atoms with E-state index in [2.05, 4.69) is 30.8 Å². The number of amides is 1. The van der Waals surface area contributed by atoms with Crippen LogP contribution in [0.4, 0.5) is 5.82 Å². The Labute approximate surface area is 136 Å². The van der Waals surface area contributed by atoms with Crippen LogP contribution in [0.15, 0.2) is 33.5 Å². The molecule has 0 N–H and O–H groups in total. The lowest BCUT2D eigenvalue weighted by Gasteiger charge is -2.34. The highest BCUT2D eigenvalue weighted by atomic mass is 79.9. The van der Waals surface area contributed by atoms with Crippen molar-refractivity contribution in [3.63, 3.8) is 0 Å². The number of likely N-dealkylation sites (tertiary alicyclic amines) is 1. The van der Waals surface area contributed by atoms with E-state index >= 15 is 0 Å². The van der Waals surface area contributed by atoms with Crippen LogP contribution in [0.5, 0.6) is 0 Å². The topological polar surface area (TPSA) is 62.5 Å². The number of nitrogens with zero attached hydrogens (tertiary/aromatic N) is 4. The summed E-state index contributed by atoms with van der Waals surface area (Å²) in [7, 11) is 0. The van der Waals surface area contributed by atoms with Gasteiger partial charge >= 0.3 is 0 Å². The maximum Gasteiger partial charge on any atom is 0.289 e. The highest BCUT2D eigenvalue weighted by Crippen LogP contribution is 2.34. The molecule has 2 fully saturated rings. The minimum atomic E-state index is -0.0308. The van der Waals surface area contributed by atoms with Crippen LogP contribution in [-0.2, 0) is 0 Å². The van der Waals surface area contributed by atoms with Crippen molar-refractivity contribution in [3.05, 3.63) is 40.7 Å². The number of rotatable bonds is 2. The highest BCUT2D eigenvalue weighted by Gasteiger charge is 2.46. The zero-order valence-electron chi connectivity index (χ0n) is 12.1. The average Bonchev–Trinajstić information content (AvgIpc) is 3.21. The summed E-state index contributed by atoms with van der Waals surface area (Å²) in [5.74, 6) is 2.09. The second kappa shape index (κ2) is 5.08. The molecular formula is C15H15BrN4O2. The maximum atomic E-state index is 12.5. The third-order valence-electron chi connectivity index (χ3n) is 4.34. The van der Waals surface area contributed by atoms with E-state index in [1.165, 1.54) is 6.26 Å². The zero-order valence-corrected chi connectivity index (χ0v) is 13.7. The number of fused-ring (bicyclic) bond motifs is 2. The number of carbonyl (C=O) groups excluding carboxylic acids is 1. The van der Waals surface area contributed by atoms with Crippen molar-refractivity contribution in [1.29, 1.82) is 0 Å². The summed E-state index contributed by atoms with van der Waals surface area (Å²) in [5, 5.41) is 0. The largest absolute Gasteiger partial charge is 0.458 e. The molecule has 6 nitrogen and oxygen atoms in total. The van der Waals surface area contributed by atoms with Crippen molar-refractivity contribution in [2.45, 2.75) is 25.4 Å². The molecule has 0 aliphatic carbocycles. The maximum absolute atomic E-state index is 12.5. The molecule has 0 aromatic carbocycles. The molecule has 2 aromatic rings. The van der Waals surface area contributed by atoms with Crippen LogP contribution >= 0.6 is 15.9 Å². The smallest absolute Gasteiger partial charge is 0.289 e. The van der Waals surface area contributed by atoms with Gasteiger partial charge in [0.2, 0.25) is 0 Å². The van der Waals surface area contributed by atoms with Crippen LogP contribution in [0.2, 0.25) is 0 Å². The van der Waals surface area contributed by atoms with Gasteiger partial charge < -0.3 is 14.2 Å². The van der Waals surface area contributed by atoms with E-state index in [0.717, 1.165) is 29.1 Å². The SMILES string of the molecule is Cc1nccc(N2C[C@@H]3C[C@H]2CN3C(=O)c2cc(Br)co2)n1. The van der Waals surface area contributed by atoms with E-state index in [9.17, 15) is 4.79 Å². The van der Waals surface area contributed by atoms with Gasteiger partial charge in [-0.3, -0.25) is 4.79 Å². The molecule has 2 aromatic heterocycles. The molecule has 7 heteroatoms. The first-order valence-corrected chi connectivity index (χ1v) is 8.02. The third kappa shape index (κ3) is 2.20. The van der Waals surface area contributed by atoms with Crippen LogP contribution in [0.1, 0.15) is 22.8 Å². The number of furan rings is 1. The standard InChI is InChI=1S/C15H15BrN4O2/c1-9-17-3-2-14(18-9)19-6-12-5-11(19)7-20(12)15(21)13-4-10(16)8-22-13/h2-4,8,11-12H,5-7H2,1H3/t11-,12-/m0/s1. The number of hydrogen-bond acceptors (Lipinski definition) is 5. The van der Waals surface area contributed by atoms with Gasteiger partial charge in [-0.25, -0.2) is 9.97 Å². The second-order valence-electron chi connectivity index (χ2n) is 5.74. The van der Waals surface area contributed by atoms with E-state index in [4.69, 9.17) is 4.42 Å². The average molecular weight is 363 g/mol. The van der Waals surface area contributed by atoms with Crippen molar-refractivity contribution in [2.75, 3.05) is 18.0 Å². The number of anilines is 1. The number of carbonyl (C=O) groups is 1. The summed E-state index contributed by atoms with van der Waals surface area (Å²) in [4.78, 5) is 25.3.